The Balaban J connectivity index is 2.54. The fourth-order valence-corrected chi connectivity index (χ4v) is 2.22. The predicted molar refractivity (Wildman–Crippen MR) is 87.6 cm³/mol. The summed E-state index contributed by atoms with van der Waals surface area (Å²) in [5.74, 6) is 0.834. The van der Waals surface area contributed by atoms with Gasteiger partial charge in [-0.1, -0.05) is 24.6 Å². The number of ether oxygens (including phenoxy) is 1. The molecule has 1 aromatic carbocycles. The first-order valence-electron chi connectivity index (χ1n) is 7.52. The van der Waals surface area contributed by atoms with Gasteiger partial charge >= 0.3 is 0 Å². The maximum atomic E-state index is 8.99. The van der Waals surface area contributed by atoms with Crippen LogP contribution in [0.15, 0.2) is 18.2 Å². The van der Waals surface area contributed by atoms with Crippen molar-refractivity contribution in [3.8, 4) is 11.8 Å². The molecule has 3 nitrogen and oxygen atoms in total. The lowest BCUT2D eigenvalue weighted by atomic mass is 9.90. The lowest BCUT2D eigenvalue weighted by molar-refractivity contribution is 0.281. The summed E-state index contributed by atoms with van der Waals surface area (Å²) in [4.78, 5) is 0. The first-order chi connectivity index (χ1) is 10.00. The Kier molecular flexibility index (Phi) is 7.56. The molecule has 1 rings (SSSR count). The average Bonchev–Trinajstić information content (AvgIpc) is 2.46. The van der Waals surface area contributed by atoms with Crippen molar-refractivity contribution < 1.29 is 4.74 Å². The summed E-state index contributed by atoms with van der Waals surface area (Å²) in [5, 5.41) is 13.1. The number of hydrogen-bond donors (Lipinski definition) is 1. The van der Waals surface area contributed by atoms with Crippen LogP contribution in [-0.4, -0.2) is 13.2 Å². The molecule has 0 spiro atoms. The monoisotopic (exact) mass is 308 g/mol. The van der Waals surface area contributed by atoms with Crippen molar-refractivity contribution in [1.82, 2.24) is 5.32 Å². The van der Waals surface area contributed by atoms with Crippen molar-refractivity contribution in [2.24, 2.45) is 5.41 Å². The smallest absolute Gasteiger partial charge is 0.125 e. The number of nitrogens with one attached hydrogen (secondary N) is 1. The Bertz CT molecular complexity index is 480. The Hall–Kier alpha value is -1.24. The Morgan fingerprint density at radius 1 is 1.38 bits per heavy atom. The van der Waals surface area contributed by atoms with E-state index in [1.165, 1.54) is 0 Å². The van der Waals surface area contributed by atoms with Gasteiger partial charge in [-0.3, -0.25) is 0 Å². The van der Waals surface area contributed by atoms with Gasteiger partial charge < -0.3 is 10.1 Å². The van der Waals surface area contributed by atoms with Crippen molar-refractivity contribution >= 4 is 11.6 Å². The molecular weight excluding hydrogens is 284 g/mol. The zero-order chi connectivity index (χ0) is 15.7. The highest BCUT2D eigenvalue weighted by Crippen LogP contribution is 2.27. The van der Waals surface area contributed by atoms with Crippen molar-refractivity contribution in [3.05, 3.63) is 28.8 Å². The molecular formula is C17H25ClN2O. The molecule has 0 aromatic heterocycles. The van der Waals surface area contributed by atoms with E-state index in [4.69, 9.17) is 21.6 Å². The number of benzene rings is 1. The minimum Gasteiger partial charge on any atom is -0.493 e. The molecule has 0 aliphatic heterocycles. The molecule has 4 heteroatoms. The number of nitriles is 1. The van der Waals surface area contributed by atoms with Crippen molar-refractivity contribution in [1.29, 1.82) is 5.26 Å². The van der Waals surface area contributed by atoms with Crippen molar-refractivity contribution in [3.63, 3.8) is 0 Å². The molecule has 0 saturated carbocycles. The minimum atomic E-state index is -0.288. The highest BCUT2D eigenvalue weighted by molar-refractivity contribution is 6.31. The summed E-state index contributed by atoms with van der Waals surface area (Å²) >= 11 is 6.25. The van der Waals surface area contributed by atoms with Gasteiger partial charge in [0.1, 0.15) is 5.75 Å². The average molecular weight is 309 g/mol. The molecule has 0 amide bonds. The lowest BCUT2D eigenvalue weighted by Crippen LogP contribution is -2.15. The number of rotatable bonds is 9. The van der Waals surface area contributed by atoms with Gasteiger partial charge in [-0.25, -0.2) is 0 Å². The second kappa shape index (κ2) is 8.92. The van der Waals surface area contributed by atoms with Gasteiger partial charge in [0.2, 0.25) is 0 Å². The third-order valence-corrected chi connectivity index (χ3v) is 3.66. The molecule has 116 valence electrons. The van der Waals surface area contributed by atoms with E-state index in [-0.39, 0.29) is 5.41 Å². The minimum absolute atomic E-state index is 0.288. The molecule has 0 fully saturated rings. The summed E-state index contributed by atoms with van der Waals surface area (Å²) in [6.07, 6.45) is 2.77. The summed E-state index contributed by atoms with van der Waals surface area (Å²) in [6, 6.07) is 8.04. The zero-order valence-electron chi connectivity index (χ0n) is 13.2. The predicted octanol–water partition coefficient (Wildman–Crippen LogP) is 4.55. The molecule has 1 aromatic rings. The standard InChI is InChI=1S/C17H25ClN2O/c1-4-10-20-12-14-15(18)7-5-8-16(14)21-11-6-9-17(2,3)13-19/h5,7-8,20H,4,6,9-12H2,1-3H3. The Morgan fingerprint density at radius 3 is 2.81 bits per heavy atom. The van der Waals surface area contributed by atoms with E-state index >= 15 is 0 Å². The SMILES string of the molecule is CCCNCc1c(Cl)cccc1OCCCC(C)(C)C#N. The van der Waals surface area contributed by atoms with Gasteiger partial charge in [0, 0.05) is 17.1 Å². The first kappa shape index (κ1) is 17.8. The summed E-state index contributed by atoms with van der Waals surface area (Å²) < 4.78 is 5.85. The van der Waals surface area contributed by atoms with E-state index in [1.807, 2.05) is 32.0 Å². The van der Waals surface area contributed by atoms with Gasteiger partial charge in [-0.15, -0.1) is 0 Å². The van der Waals surface area contributed by atoms with Gasteiger partial charge in [0.25, 0.3) is 0 Å². The van der Waals surface area contributed by atoms with Crippen LogP contribution in [0.25, 0.3) is 0 Å². The summed E-state index contributed by atoms with van der Waals surface area (Å²) in [5.41, 5.74) is 0.718. The summed E-state index contributed by atoms with van der Waals surface area (Å²) in [6.45, 7) is 8.31. The van der Waals surface area contributed by atoms with Crippen LogP contribution in [0.4, 0.5) is 0 Å². The molecule has 0 bridgehead atoms. The quantitative estimate of drug-likeness (QED) is 0.681. The molecule has 0 atom stereocenters. The van der Waals surface area contributed by atoms with Gasteiger partial charge in [0.15, 0.2) is 0 Å². The van der Waals surface area contributed by atoms with Crippen LogP contribution in [0.1, 0.15) is 45.6 Å². The second-order valence-electron chi connectivity index (χ2n) is 5.84. The molecule has 0 heterocycles. The molecule has 1 N–H and O–H groups in total. The largest absolute Gasteiger partial charge is 0.493 e. The third kappa shape index (κ3) is 6.37. The van der Waals surface area contributed by atoms with Crippen LogP contribution in [-0.2, 0) is 6.54 Å². The molecule has 0 aliphatic carbocycles. The van der Waals surface area contributed by atoms with Gasteiger partial charge in [0.05, 0.1) is 18.1 Å². The molecule has 0 saturated heterocycles. The van der Waals surface area contributed by atoms with Crippen molar-refractivity contribution in [2.75, 3.05) is 13.2 Å². The van der Waals surface area contributed by atoms with E-state index in [2.05, 4.69) is 18.3 Å². The Morgan fingerprint density at radius 2 is 2.14 bits per heavy atom. The van der Waals surface area contributed by atoms with Crippen LogP contribution >= 0.6 is 11.6 Å². The molecule has 0 radical (unpaired) electrons. The first-order valence-corrected chi connectivity index (χ1v) is 7.90. The maximum absolute atomic E-state index is 8.99. The van der Waals surface area contributed by atoms with E-state index < -0.39 is 0 Å². The summed E-state index contributed by atoms with van der Waals surface area (Å²) in [7, 11) is 0. The van der Waals surface area contributed by atoms with Gasteiger partial charge in [-0.05, 0) is 51.8 Å². The van der Waals surface area contributed by atoms with Crippen LogP contribution in [0.5, 0.6) is 5.75 Å². The Labute approximate surface area is 133 Å². The normalized spacial score (nSPS) is 11.2. The highest BCUT2D eigenvalue weighted by atomic mass is 35.5. The van der Waals surface area contributed by atoms with Gasteiger partial charge in [-0.2, -0.15) is 5.26 Å². The number of nitrogens with zero attached hydrogens (tertiary/aromatic N) is 1. The topological polar surface area (TPSA) is 45.0 Å². The zero-order valence-corrected chi connectivity index (χ0v) is 14.0. The van der Waals surface area contributed by atoms with Crippen LogP contribution < -0.4 is 10.1 Å². The van der Waals surface area contributed by atoms with E-state index in [0.717, 1.165) is 42.1 Å². The fourth-order valence-electron chi connectivity index (χ4n) is 1.99. The molecule has 0 unspecified atom stereocenters. The van der Waals surface area contributed by atoms with Crippen LogP contribution in [0.2, 0.25) is 5.02 Å². The fraction of sp³-hybridized carbons (Fsp3) is 0.588. The third-order valence-electron chi connectivity index (χ3n) is 3.31. The van der Waals surface area contributed by atoms with E-state index in [1.54, 1.807) is 0 Å². The van der Waals surface area contributed by atoms with E-state index in [9.17, 15) is 0 Å². The molecule has 0 aliphatic rings. The van der Waals surface area contributed by atoms with E-state index in [0.29, 0.717) is 13.2 Å². The number of halogens is 1. The lowest BCUT2D eigenvalue weighted by Gasteiger charge is -2.16. The van der Waals surface area contributed by atoms with Crippen molar-refractivity contribution in [2.45, 2.75) is 46.6 Å². The van der Waals surface area contributed by atoms with Crippen LogP contribution in [0.3, 0.4) is 0 Å². The highest BCUT2D eigenvalue weighted by Gasteiger charge is 2.16. The number of hydrogen-bond acceptors (Lipinski definition) is 3. The maximum Gasteiger partial charge on any atom is 0.125 e. The second-order valence-corrected chi connectivity index (χ2v) is 6.25. The molecule has 21 heavy (non-hydrogen) atoms. The van der Waals surface area contributed by atoms with Crippen LogP contribution in [0, 0.1) is 16.7 Å².